The van der Waals surface area contributed by atoms with Gasteiger partial charge in [0.05, 0.1) is 29.6 Å². The highest BCUT2D eigenvalue weighted by molar-refractivity contribution is 6.34. The maximum atomic E-state index is 14.5. The molecule has 1 aliphatic heterocycles. The van der Waals surface area contributed by atoms with E-state index in [1.54, 1.807) is 12.1 Å². The Kier molecular flexibility index (Phi) is 5.94. The zero-order valence-corrected chi connectivity index (χ0v) is 19.6. The molecule has 1 saturated carbocycles. The molecular formula is C24H22ClF2N5O3. The smallest absolute Gasteiger partial charge is 0.291 e. The van der Waals surface area contributed by atoms with Gasteiger partial charge >= 0.3 is 0 Å². The van der Waals surface area contributed by atoms with Crippen LogP contribution in [-0.2, 0) is 7.05 Å². The zero-order chi connectivity index (χ0) is 24.9. The lowest BCUT2D eigenvalue weighted by atomic mass is 10.1. The summed E-state index contributed by atoms with van der Waals surface area (Å²) in [4.78, 5) is 29.5. The monoisotopic (exact) mass is 501 g/mol. The van der Waals surface area contributed by atoms with Gasteiger partial charge in [0, 0.05) is 37.4 Å². The van der Waals surface area contributed by atoms with Crippen LogP contribution in [0.1, 0.15) is 21.0 Å². The molecule has 2 aliphatic rings. The topological polar surface area (TPSA) is 97.3 Å². The summed E-state index contributed by atoms with van der Waals surface area (Å²) in [6.45, 7) is 1.81. The van der Waals surface area contributed by atoms with E-state index in [9.17, 15) is 18.4 Å². The maximum Gasteiger partial charge on any atom is 0.291 e. The number of carbonyl (C=O) groups is 2. The molecule has 1 aliphatic carbocycles. The van der Waals surface area contributed by atoms with E-state index in [1.807, 2.05) is 0 Å². The van der Waals surface area contributed by atoms with E-state index in [0.29, 0.717) is 23.1 Å². The number of methoxy groups -OCH3 is 1. The van der Waals surface area contributed by atoms with Crippen LogP contribution in [0, 0.1) is 23.5 Å². The molecule has 2 amide bonds. The van der Waals surface area contributed by atoms with E-state index in [0.717, 1.165) is 13.1 Å². The number of amides is 2. The first-order valence-corrected chi connectivity index (χ1v) is 11.3. The molecule has 3 aromatic rings. The van der Waals surface area contributed by atoms with Crippen molar-refractivity contribution in [1.82, 2.24) is 20.2 Å². The largest absolute Gasteiger partial charge is 0.494 e. The van der Waals surface area contributed by atoms with Crippen molar-refractivity contribution in [3.63, 3.8) is 0 Å². The Bertz CT molecular complexity index is 1330. The summed E-state index contributed by atoms with van der Waals surface area (Å²) in [5, 5.41) is 9.15. The summed E-state index contributed by atoms with van der Waals surface area (Å²) in [6.07, 6.45) is 1.28. The van der Waals surface area contributed by atoms with E-state index >= 15 is 0 Å². The van der Waals surface area contributed by atoms with Crippen molar-refractivity contribution in [1.29, 1.82) is 0 Å². The van der Waals surface area contributed by atoms with Crippen molar-refractivity contribution in [2.45, 2.75) is 6.04 Å². The number of benzene rings is 2. The number of anilines is 1. The number of fused-ring (bicyclic) bond motifs is 1. The van der Waals surface area contributed by atoms with Gasteiger partial charge in [-0.15, -0.1) is 0 Å². The van der Waals surface area contributed by atoms with Crippen LogP contribution in [0.15, 0.2) is 36.5 Å². The number of hydrogen-bond donors (Lipinski definition) is 3. The molecule has 1 saturated heterocycles. The van der Waals surface area contributed by atoms with Crippen LogP contribution in [-0.4, -0.2) is 47.6 Å². The summed E-state index contributed by atoms with van der Waals surface area (Å²) < 4.78 is 34.8. The zero-order valence-electron chi connectivity index (χ0n) is 18.9. The fourth-order valence-electron chi connectivity index (χ4n) is 4.58. The molecule has 8 nitrogen and oxygen atoms in total. The van der Waals surface area contributed by atoms with Gasteiger partial charge in [0.2, 0.25) is 5.82 Å². The molecule has 1 aromatic heterocycles. The summed E-state index contributed by atoms with van der Waals surface area (Å²) in [5.74, 6) is -2.37. The molecule has 2 heterocycles. The van der Waals surface area contributed by atoms with Crippen LogP contribution in [0.25, 0.3) is 11.3 Å². The van der Waals surface area contributed by atoms with E-state index in [4.69, 9.17) is 16.3 Å². The van der Waals surface area contributed by atoms with Crippen LogP contribution < -0.4 is 20.7 Å². The lowest BCUT2D eigenvalue weighted by Crippen LogP contribution is -2.32. The first kappa shape index (κ1) is 23.3. The van der Waals surface area contributed by atoms with E-state index in [1.165, 1.54) is 43.1 Å². The lowest BCUT2D eigenvalue weighted by molar-refractivity contribution is 0.0946. The van der Waals surface area contributed by atoms with Gasteiger partial charge in [0.15, 0.2) is 17.4 Å². The number of rotatable bonds is 6. The maximum absolute atomic E-state index is 14.5. The molecule has 0 radical (unpaired) electrons. The van der Waals surface area contributed by atoms with Gasteiger partial charge < -0.3 is 25.3 Å². The summed E-state index contributed by atoms with van der Waals surface area (Å²) in [7, 11) is 2.76. The minimum atomic E-state index is -1.13. The van der Waals surface area contributed by atoms with Gasteiger partial charge in [-0.1, -0.05) is 11.6 Å². The van der Waals surface area contributed by atoms with Gasteiger partial charge in [-0.3, -0.25) is 9.59 Å². The number of imidazole rings is 1. The summed E-state index contributed by atoms with van der Waals surface area (Å²) >= 11 is 6.32. The third-order valence-electron chi connectivity index (χ3n) is 6.60. The second-order valence-electron chi connectivity index (χ2n) is 8.60. The molecule has 0 spiro atoms. The highest BCUT2D eigenvalue weighted by atomic mass is 35.5. The van der Waals surface area contributed by atoms with E-state index in [2.05, 4.69) is 20.9 Å². The molecule has 1 unspecified atom stereocenters. The number of carbonyl (C=O) groups excluding carboxylic acids is 2. The molecule has 35 heavy (non-hydrogen) atoms. The van der Waals surface area contributed by atoms with E-state index < -0.39 is 17.5 Å². The van der Waals surface area contributed by atoms with Crippen molar-refractivity contribution in [2.24, 2.45) is 18.9 Å². The molecule has 3 N–H and O–H groups in total. The Balaban J connectivity index is 1.30. The summed E-state index contributed by atoms with van der Waals surface area (Å²) in [5.41, 5.74) is 0.819. The number of nitrogens with zero attached hydrogens (tertiary/aromatic N) is 2. The molecule has 2 fully saturated rings. The number of ether oxygens (including phenoxy) is 1. The quantitative estimate of drug-likeness (QED) is 0.482. The molecular weight excluding hydrogens is 480 g/mol. The fourth-order valence-corrected chi connectivity index (χ4v) is 4.85. The SMILES string of the molecule is COc1ccc(-c2cnc(C(=O)Nc3ccc(C(=O)NC4[C@H]5CNC[C@@H]45)c(Cl)c3)n2C)c(F)c1F. The Morgan fingerprint density at radius 3 is 2.57 bits per heavy atom. The second kappa shape index (κ2) is 8.94. The number of aromatic nitrogens is 2. The molecule has 5 rings (SSSR count). The lowest BCUT2D eigenvalue weighted by Gasteiger charge is -2.11. The van der Waals surface area contributed by atoms with Crippen molar-refractivity contribution < 1.29 is 23.1 Å². The Morgan fingerprint density at radius 2 is 1.89 bits per heavy atom. The van der Waals surface area contributed by atoms with Crippen LogP contribution in [0.3, 0.4) is 0 Å². The number of halogens is 3. The molecule has 3 atom stereocenters. The number of hydrogen-bond acceptors (Lipinski definition) is 5. The van der Waals surface area contributed by atoms with Gasteiger partial charge in [0.25, 0.3) is 11.8 Å². The second-order valence-corrected chi connectivity index (χ2v) is 9.01. The minimum Gasteiger partial charge on any atom is -0.494 e. The van der Waals surface area contributed by atoms with Crippen LogP contribution in [0.2, 0.25) is 5.02 Å². The first-order valence-electron chi connectivity index (χ1n) is 11.0. The fraction of sp³-hybridized carbons (Fsp3) is 0.292. The van der Waals surface area contributed by atoms with E-state index in [-0.39, 0.29) is 39.8 Å². The Hall–Kier alpha value is -3.50. The third kappa shape index (κ3) is 4.12. The highest BCUT2D eigenvalue weighted by Crippen LogP contribution is 2.42. The number of piperidine rings is 1. The molecule has 0 bridgehead atoms. The standard InChI is InChI=1S/C24H22ClF2N5O3/c1-32-17(13-5-6-18(35-2)20(27)19(13)26)10-29-22(32)24(34)30-11-3-4-12(16(25)7-11)23(33)31-21-14-8-28-9-15(14)21/h3-7,10,14-15,21,28H,8-9H2,1-2H3,(H,30,34)(H,31,33)/t14-,15+,21?. The van der Waals surface area contributed by atoms with Gasteiger partial charge in [-0.05, 0) is 42.2 Å². The van der Waals surface area contributed by atoms with Crippen LogP contribution in [0.5, 0.6) is 5.75 Å². The molecule has 11 heteroatoms. The number of nitrogens with one attached hydrogen (secondary N) is 3. The van der Waals surface area contributed by atoms with Crippen molar-refractivity contribution in [2.75, 3.05) is 25.5 Å². The minimum absolute atomic E-state index is 0.0255. The van der Waals surface area contributed by atoms with Gasteiger partial charge in [-0.2, -0.15) is 4.39 Å². The third-order valence-corrected chi connectivity index (χ3v) is 6.91. The average molecular weight is 502 g/mol. The van der Waals surface area contributed by atoms with Crippen molar-refractivity contribution in [3.05, 3.63) is 64.6 Å². The van der Waals surface area contributed by atoms with Crippen molar-refractivity contribution in [3.8, 4) is 17.0 Å². The molecule has 2 aromatic carbocycles. The highest BCUT2D eigenvalue weighted by Gasteiger charge is 2.53. The predicted octanol–water partition coefficient (Wildman–Crippen LogP) is 3.23. The van der Waals surface area contributed by atoms with Crippen LogP contribution >= 0.6 is 11.6 Å². The molecule has 182 valence electrons. The predicted molar refractivity (Wildman–Crippen MR) is 126 cm³/mol. The normalized spacial score (nSPS) is 20.3. The Labute approximate surface area is 204 Å². The average Bonchev–Trinajstić information content (AvgIpc) is 3.16. The first-order chi connectivity index (χ1) is 16.8. The van der Waals surface area contributed by atoms with Crippen LogP contribution in [0.4, 0.5) is 14.5 Å². The van der Waals surface area contributed by atoms with Gasteiger partial charge in [-0.25, -0.2) is 9.37 Å². The summed E-state index contributed by atoms with van der Waals surface area (Å²) in [6, 6.07) is 7.41. The van der Waals surface area contributed by atoms with Crippen molar-refractivity contribution >= 4 is 29.1 Å². The Morgan fingerprint density at radius 1 is 1.14 bits per heavy atom. The van der Waals surface area contributed by atoms with Gasteiger partial charge in [0.1, 0.15) is 0 Å².